The van der Waals surface area contributed by atoms with Gasteiger partial charge in [-0.1, -0.05) is 29.3 Å². The third kappa shape index (κ3) is 3.07. The molecule has 0 bridgehead atoms. The van der Waals surface area contributed by atoms with E-state index in [2.05, 4.69) is 10.3 Å². The molecule has 0 aliphatic heterocycles. The Labute approximate surface area is 124 Å². The Balaban J connectivity index is 2.22. The van der Waals surface area contributed by atoms with Crippen molar-refractivity contribution in [2.24, 2.45) is 5.73 Å². The van der Waals surface area contributed by atoms with Crippen molar-refractivity contribution in [1.82, 2.24) is 4.98 Å². The maximum Gasteiger partial charge on any atom is 0.267 e. The number of hydrogen-bond acceptors (Lipinski definition) is 3. The van der Waals surface area contributed by atoms with Gasteiger partial charge < -0.3 is 11.1 Å². The summed E-state index contributed by atoms with van der Waals surface area (Å²) in [4.78, 5) is 26.7. The summed E-state index contributed by atoms with van der Waals surface area (Å²) in [6, 6.07) is 7.69. The van der Waals surface area contributed by atoms with E-state index in [1.165, 1.54) is 18.3 Å². The topological polar surface area (TPSA) is 85.1 Å². The molecule has 1 heterocycles. The second-order valence-corrected chi connectivity index (χ2v) is 4.66. The van der Waals surface area contributed by atoms with Crippen LogP contribution in [-0.4, -0.2) is 16.8 Å². The smallest absolute Gasteiger partial charge is 0.267 e. The molecule has 0 spiro atoms. The number of rotatable bonds is 3. The zero-order chi connectivity index (χ0) is 14.7. The first-order chi connectivity index (χ1) is 9.49. The molecule has 3 N–H and O–H groups in total. The van der Waals surface area contributed by atoms with Gasteiger partial charge in [0.2, 0.25) is 0 Å². The number of primary amides is 1. The molecule has 0 atom stereocenters. The summed E-state index contributed by atoms with van der Waals surface area (Å²) in [6.07, 6.45) is 1.25. The van der Waals surface area contributed by atoms with Gasteiger partial charge in [-0.05, 0) is 24.3 Å². The van der Waals surface area contributed by atoms with E-state index in [-0.39, 0.29) is 11.3 Å². The number of nitrogens with one attached hydrogen (secondary N) is 1. The highest BCUT2D eigenvalue weighted by molar-refractivity contribution is 6.40. The van der Waals surface area contributed by atoms with Crippen molar-refractivity contribution in [3.63, 3.8) is 0 Å². The van der Waals surface area contributed by atoms with Crippen molar-refractivity contribution in [2.75, 3.05) is 5.32 Å². The summed E-state index contributed by atoms with van der Waals surface area (Å²) in [5, 5.41) is 3.24. The SMILES string of the molecule is NC(=O)c1ccc(C(=O)Nc2c(Cl)cccc2Cl)cn1. The number of benzene rings is 1. The van der Waals surface area contributed by atoms with Gasteiger partial charge in [0.1, 0.15) is 5.69 Å². The average molecular weight is 310 g/mol. The van der Waals surface area contributed by atoms with E-state index in [4.69, 9.17) is 28.9 Å². The Morgan fingerprint density at radius 2 is 1.75 bits per heavy atom. The maximum atomic E-state index is 12.0. The molecule has 102 valence electrons. The predicted molar refractivity (Wildman–Crippen MR) is 77.2 cm³/mol. The summed E-state index contributed by atoms with van der Waals surface area (Å²) >= 11 is 11.9. The zero-order valence-electron chi connectivity index (χ0n) is 10.1. The van der Waals surface area contributed by atoms with E-state index in [1.54, 1.807) is 18.2 Å². The van der Waals surface area contributed by atoms with Gasteiger partial charge in [-0.2, -0.15) is 0 Å². The number of nitrogens with two attached hydrogens (primary N) is 1. The Hall–Kier alpha value is -2.11. The van der Waals surface area contributed by atoms with Gasteiger partial charge in [-0.3, -0.25) is 14.6 Å². The fraction of sp³-hybridized carbons (Fsp3) is 0. The van der Waals surface area contributed by atoms with Crippen LogP contribution in [0.25, 0.3) is 0 Å². The van der Waals surface area contributed by atoms with Gasteiger partial charge in [0, 0.05) is 6.20 Å². The molecule has 0 aliphatic rings. The fourth-order valence-corrected chi connectivity index (χ4v) is 1.97. The third-order valence-corrected chi connectivity index (χ3v) is 3.11. The average Bonchev–Trinajstić information content (AvgIpc) is 2.43. The van der Waals surface area contributed by atoms with Gasteiger partial charge in [0.25, 0.3) is 11.8 Å². The van der Waals surface area contributed by atoms with Gasteiger partial charge in [-0.25, -0.2) is 0 Å². The van der Waals surface area contributed by atoms with Crippen molar-refractivity contribution in [2.45, 2.75) is 0 Å². The van der Waals surface area contributed by atoms with Crippen LogP contribution in [0.2, 0.25) is 10.0 Å². The zero-order valence-corrected chi connectivity index (χ0v) is 11.6. The number of anilines is 1. The molecule has 1 aromatic carbocycles. The Bertz CT molecular complexity index is 652. The van der Waals surface area contributed by atoms with Crippen molar-refractivity contribution in [3.8, 4) is 0 Å². The quantitative estimate of drug-likeness (QED) is 0.914. The van der Waals surface area contributed by atoms with Crippen LogP contribution < -0.4 is 11.1 Å². The second-order valence-electron chi connectivity index (χ2n) is 3.85. The van der Waals surface area contributed by atoms with Crippen LogP contribution in [0, 0.1) is 0 Å². The minimum Gasteiger partial charge on any atom is -0.364 e. The molecule has 0 unspecified atom stereocenters. The molecule has 0 saturated carbocycles. The summed E-state index contributed by atoms with van der Waals surface area (Å²) in [5.74, 6) is -1.10. The number of carbonyl (C=O) groups is 2. The van der Waals surface area contributed by atoms with Crippen LogP contribution in [0.3, 0.4) is 0 Å². The van der Waals surface area contributed by atoms with Crippen LogP contribution in [0.15, 0.2) is 36.5 Å². The van der Waals surface area contributed by atoms with E-state index in [0.29, 0.717) is 15.7 Å². The monoisotopic (exact) mass is 309 g/mol. The van der Waals surface area contributed by atoms with Crippen molar-refractivity contribution < 1.29 is 9.59 Å². The molecule has 20 heavy (non-hydrogen) atoms. The lowest BCUT2D eigenvalue weighted by molar-refractivity contribution is 0.0990. The number of para-hydroxylation sites is 1. The lowest BCUT2D eigenvalue weighted by atomic mass is 10.2. The third-order valence-electron chi connectivity index (χ3n) is 2.48. The number of hydrogen-bond donors (Lipinski definition) is 2. The summed E-state index contributed by atoms with van der Waals surface area (Å²) in [6.45, 7) is 0. The molecular weight excluding hydrogens is 301 g/mol. The fourth-order valence-electron chi connectivity index (χ4n) is 1.48. The standard InChI is InChI=1S/C13H9Cl2N3O2/c14-8-2-1-3-9(15)11(8)18-13(20)7-4-5-10(12(16)19)17-6-7/h1-6H,(H2,16,19)(H,18,20). The number of carbonyl (C=O) groups excluding carboxylic acids is 2. The number of halogens is 2. The summed E-state index contributed by atoms with van der Waals surface area (Å²) in [7, 11) is 0. The molecule has 2 amide bonds. The van der Waals surface area contributed by atoms with Gasteiger partial charge in [0.05, 0.1) is 21.3 Å². The van der Waals surface area contributed by atoms with E-state index >= 15 is 0 Å². The summed E-state index contributed by atoms with van der Waals surface area (Å²) in [5.41, 5.74) is 5.72. The number of aromatic nitrogens is 1. The van der Waals surface area contributed by atoms with Crippen molar-refractivity contribution >= 4 is 40.7 Å². The van der Waals surface area contributed by atoms with E-state index < -0.39 is 11.8 Å². The Kier molecular flexibility index (Phi) is 4.22. The highest BCUT2D eigenvalue weighted by Gasteiger charge is 2.12. The molecule has 0 aliphatic carbocycles. The van der Waals surface area contributed by atoms with Gasteiger partial charge in [0.15, 0.2) is 0 Å². The molecule has 1 aromatic heterocycles. The number of nitrogens with zero attached hydrogens (tertiary/aromatic N) is 1. The molecule has 0 radical (unpaired) electrons. The van der Waals surface area contributed by atoms with Crippen LogP contribution in [-0.2, 0) is 0 Å². The molecule has 0 saturated heterocycles. The first-order valence-electron chi connectivity index (χ1n) is 5.50. The van der Waals surface area contributed by atoms with E-state index in [0.717, 1.165) is 0 Å². The highest BCUT2D eigenvalue weighted by atomic mass is 35.5. The number of amides is 2. The van der Waals surface area contributed by atoms with Gasteiger partial charge in [-0.15, -0.1) is 0 Å². The second kappa shape index (κ2) is 5.90. The lowest BCUT2D eigenvalue weighted by Gasteiger charge is -2.09. The minimum atomic E-state index is -0.661. The molecule has 2 rings (SSSR count). The van der Waals surface area contributed by atoms with Crippen LogP contribution >= 0.6 is 23.2 Å². The molecule has 0 fully saturated rings. The van der Waals surface area contributed by atoms with E-state index in [9.17, 15) is 9.59 Å². The van der Waals surface area contributed by atoms with E-state index in [1.807, 2.05) is 0 Å². The highest BCUT2D eigenvalue weighted by Crippen LogP contribution is 2.30. The van der Waals surface area contributed by atoms with Crippen LogP contribution in [0.4, 0.5) is 5.69 Å². The Morgan fingerprint density at radius 1 is 1.10 bits per heavy atom. The van der Waals surface area contributed by atoms with Crippen molar-refractivity contribution in [3.05, 3.63) is 57.8 Å². The lowest BCUT2D eigenvalue weighted by Crippen LogP contribution is -2.16. The summed E-state index contributed by atoms with van der Waals surface area (Å²) < 4.78 is 0. The molecule has 7 heteroatoms. The molecule has 2 aromatic rings. The first-order valence-corrected chi connectivity index (χ1v) is 6.26. The normalized spacial score (nSPS) is 10.1. The predicted octanol–water partition coefficient (Wildman–Crippen LogP) is 2.74. The maximum absolute atomic E-state index is 12.0. The van der Waals surface area contributed by atoms with Crippen LogP contribution in [0.5, 0.6) is 0 Å². The molecular formula is C13H9Cl2N3O2. The Morgan fingerprint density at radius 3 is 2.25 bits per heavy atom. The number of pyridine rings is 1. The molecule has 5 nitrogen and oxygen atoms in total. The first kappa shape index (κ1) is 14.3. The largest absolute Gasteiger partial charge is 0.364 e. The van der Waals surface area contributed by atoms with Crippen LogP contribution in [0.1, 0.15) is 20.8 Å². The van der Waals surface area contributed by atoms with Crippen molar-refractivity contribution in [1.29, 1.82) is 0 Å². The minimum absolute atomic E-state index is 0.0809. The van der Waals surface area contributed by atoms with Gasteiger partial charge >= 0.3 is 0 Å².